The lowest BCUT2D eigenvalue weighted by Gasteiger charge is -2.15. The highest BCUT2D eigenvalue weighted by Gasteiger charge is 2.15. The summed E-state index contributed by atoms with van der Waals surface area (Å²) in [6, 6.07) is 5.06. The number of nitrogens with zero attached hydrogens (tertiary/aromatic N) is 2. The highest BCUT2D eigenvalue weighted by atomic mass is 127. The van der Waals surface area contributed by atoms with E-state index in [2.05, 4.69) is 20.6 Å². The minimum atomic E-state index is -2.93. The van der Waals surface area contributed by atoms with Crippen LogP contribution in [0.3, 0.4) is 0 Å². The Morgan fingerprint density at radius 3 is 2.70 bits per heavy atom. The van der Waals surface area contributed by atoms with E-state index in [1.807, 2.05) is 19.2 Å². The van der Waals surface area contributed by atoms with Crippen LogP contribution in [0.25, 0.3) is 0 Å². The highest BCUT2D eigenvalue weighted by Crippen LogP contribution is 2.33. The molecule has 0 spiro atoms. The predicted octanol–water partition coefficient (Wildman–Crippen LogP) is 4.76. The molecule has 2 N–H and O–H groups in total. The third-order valence-electron chi connectivity index (χ3n) is 3.85. The first kappa shape index (κ1) is 26.3. The molecule has 0 unspecified atom stereocenters. The van der Waals surface area contributed by atoms with E-state index < -0.39 is 6.61 Å². The maximum atomic E-state index is 12.8. The second kappa shape index (κ2) is 14.3. The Hall–Kier alpha value is -1.69. The summed E-state index contributed by atoms with van der Waals surface area (Å²) in [7, 11) is 0. The van der Waals surface area contributed by atoms with Crippen molar-refractivity contribution in [1.29, 1.82) is 0 Å². The summed E-state index contributed by atoms with van der Waals surface area (Å²) < 4.78 is 35.8. The molecule has 1 aromatic carbocycles. The lowest BCUT2D eigenvalue weighted by molar-refractivity contribution is -0.0520. The molecule has 0 atom stereocenters. The molecule has 0 aliphatic heterocycles. The van der Waals surface area contributed by atoms with Crippen LogP contribution in [-0.4, -0.2) is 37.3 Å². The molecule has 0 saturated carbocycles. The normalized spacial score (nSPS) is 11.2. The summed E-state index contributed by atoms with van der Waals surface area (Å²) in [5.74, 6) is 0.938. The van der Waals surface area contributed by atoms with Crippen LogP contribution in [0.5, 0.6) is 11.5 Å². The number of hydrogen-bond donors (Lipinski definition) is 2. The van der Waals surface area contributed by atoms with Crippen LogP contribution in [0.2, 0.25) is 0 Å². The molecule has 1 heterocycles. The maximum Gasteiger partial charge on any atom is 0.387 e. The molecule has 0 radical (unpaired) electrons. The van der Waals surface area contributed by atoms with Crippen molar-refractivity contribution in [2.75, 3.05) is 19.7 Å². The number of aryl methyl sites for hydroxylation is 2. The number of aliphatic imine (C=N–C) groups is 1. The van der Waals surface area contributed by atoms with E-state index in [1.54, 1.807) is 36.5 Å². The quantitative estimate of drug-likeness (QED) is 0.182. The van der Waals surface area contributed by atoms with E-state index in [-0.39, 0.29) is 42.0 Å². The van der Waals surface area contributed by atoms with Crippen LogP contribution < -0.4 is 20.1 Å². The molecule has 0 bridgehead atoms. The largest absolute Gasteiger partial charge is 0.490 e. The summed E-state index contributed by atoms with van der Waals surface area (Å²) in [4.78, 5) is 8.96. The van der Waals surface area contributed by atoms with Crippen LogP contribution in [-0.2, 0) is 13.0 Å². The van der Waals surface area contributed by atoms with Crippen molar-refractivity contribution in [3.8, 4) is 11.5 Å². The van der Waals surface area contributed by atoms with Gasteiger partial charge in [0.2, 0.25) is 0 Å². The zero-order valence-electron chi connectivity index (χ0n) is 17.4. The van der Waals surface area contributed by atoms with Gasteiger partial charge in [-0.2, -0.15) is 8.78 Å². The van der Waals surface area contributed by atoms with Gasteiger partial charge in [0.25, 0.3) is 0 Å². The first-order chi connectivity index (χ1) is 14.0. The van der Waals surface area contributed by atoms with E-state index in [4.69, 9.17) is 9.47 Å². The van der Waals surface area contributed by atoms with Crippen LogP contribution >= 0.6 is 35.3 Å². The fraction of sp³-hybridized carbons (Fsp3) is 0.500. The monoisotopic (exact) mass is 554 g/mol. The van der Waals surface area contributed by atoms with Crippen molar-refractivity contribution >= 4 is 41.3 Å². The lowest BCUT2D eigenvalue weighted by atomic mass is 10.2. The molecule has 0 saturated heterocycles. The Kier molecular flexibility index (Phi) is 12.6. The first-order valence-corrected chi connectivity index (χ1v) is 10.5. The van der Waals surface area contributed by atoms with Gasteiger partial charge in [-0.3, -0.25) is 0 Å². The molecule has 0 aliphatic rings. The molecule has 0 amide bonds. The number of nitrogens with one attached hydrogen (secondary N) is 2. The topological polar surface area (TPSA) is 67.8 Å². The maximum absolute atomic E-state index is 12.8. The van der Waals surface area contributed by atoms with Crippen molar-refractivity contribution in [2.24, 2.45) is 4.99 Å². The Morgan fingerprint density at radius 2 is 2.07 bits per heavy atom. The number of para-hydroxylation sites is 1. The Labute approximate surface area is 197 Å². The minimum Gasteiger partial charge on any atom is -0.490 e. The molecule has 2 rings (SSSR count). The van der Waals surface area contributed by atoms with Gasteiger partial charge in [0.15, 0.2) is 17.5 Å². The molecular formula is C20H29F2IN4O2S. The molecule has 6 nitrogen and oxygen atoms in total. The molecule has 0 fully saturated rings. The number of thiazole rings is 1. The van der Waals surface area contributed by atoms with Crippen LogP contribution in [0.4, 0.5) is 8.78 Å². The van der Waals surface area contributed by atoms with Gasteiger partial charge >= 0.3 is 6.61 Å². The molecule has 0 aliphatic carbocycles. The average molecular weight is 554 g/mol. The third-order valence-corrected chi connectivity index (χ3v) is 4.87. The van der Waals surface area contributed by atoms with E-state index in [0.717, 1.165) is 30.1 Å². The van der Waals surface area contributed by atoms with E-state index in [0.29, 0.717) is 24.7 Å². The second-order valence-corrected chi connectivity index (χ2v) is 7.11. The van der Waals surface area contributed by atoms with E-state index in [9.17, 15) is 8.78 Å². The lowest BCUT2D eigenvalue weighted by Crippen LogP contribution is -2.37. The van der Waals surface area contributed by atoms with Crippen molar-refractivity contribution in [1.82, 2.24) is 15.6 Å². The number of hydrogen-bond acceptors (Lipinski definition) is 5. The van der Waals surface area contributed by atoms with Gasteiger partial charge in [-0.25, -0.2) is 9.98 Å². The van der Waals surface area contributed by atoms with E-state index >= 15 is 0 Å². The van der Waals surface area contributed by atoms with Crippen molar-refractivity contribution < 1.29 is 18.3 Å². The summed E-state index contributed by atoms with van der Waals surface area (Å²) >= 11 is 1.67. The number of ether oxygens (including phenoxy) is 2. The zero-order chi connectivity index (χ0) is 21.1. The highest BCUT2D eigenvalue weighted by molar-refractivity contribution is 14.0. The third kappa shape index (κ3) is 8.99. The molecule has 10 heteroatoms. The summed E-state index contributed by atoms with van der Waals surface area (Å²) in [5.41, 5.74) is 1.58. The first-order valence-electron chi connectivity index (χ1n) is 9.66. The minimum absolute atomic E-state index is 0. The van der Waals surface area contributed by atoms with Crippen LogP contribution in [0.15, 0.2) is 28.6 Å². The summed E-state index contributed by atoms with van der Waals surface area (Å²) in [6.07, 6.45) is 1.81. The molecule has 168 valence electrons. The van der Waals surface area contributed by atoms with Crippen molar-refractivity contribution in [3.63, 3.8) is 0 Å². The molecule has 30 heavy (non-hydrogen) atoms. The predicted molar refractivity (Wildman–Crippen MR) is 128 cm³/mol. The van der Waals surface area contributed by atoms with Gasteiger partial charge in [-0.05, 0) is 33.3 Å². The van der Waals surface area contributed by atoms with Crippen LogP contribution in [0, 0.1) is 6.92 Å². The Bertz CT molecular complexity index is 790. The number of rotatable bonds is 11. The van der Waals surface area contributed by atoms with Gasteiger partial charge in [0, 0.05) is 36.1 Å². The number of alkyl halides is 2. The second-order valence-electron chi connectivity index (χ2n) is 6.16. The number of halogens is 3. The summed E-state index contributed by atoms with van der Waals surface area (Å²) in [5, 5.41) is 9.59. The van der Waals surface area contributed by atoms with Gasteiger partial charge in [-0.1, -0.05) is 12.1 Å². The SMILES string of the molecule is CCNC(=NCc1cccc(OCC)c1OC(F)F)NCCCc1nc(C)cs1.I. The van der Waals surface area contributed by atoms with Crippen molar-refractivity contribution in [2.45, 2.75) is 46.8 Å². The Morgan fingerprint density at radius 1 is 1.27 bits per heavy atom. The molecule has 2 aromatic rings. The smallest absolute Gasteiger partial charge is 0.387 e. The number of guanidine groups is 1. The summed E-state index contributed by atoms with van der Waals surface area (Å²) in [6.45, 7) is 4.77. The standard InChI is InChI=1S/C20H28F2N4O2S.HI/c1-4-23-20(24-11-7-10-17-26-14(3)13-29-17)25-12-15-8-6-9-16(27-5-2)18(15)28-19(21)22;/h6,8-9,13,19H,4-5,7,10-12H2,1-3H3,(H2,23,24,25);1H. The van der Waals surface area contributed by atoms with Gasteiger partial charge in [-0.15, -0.1) is 35.3 Å². The fourth-order valence-electron chi connectivity index (χ4n) is 2.65. The molecular weight excluding hydrogens is 525 g/mol. The number of aromatic nitrogens is 1. The van der Waals surface area contributed by atoms with Gasteiger partial charge < -0.3 is 20.1 Å². The van der Waals surface area contributed by atoms with Crippen LogP contribution in [0.1, 0.15) is 36.5 Å². The number of benzene rings is 1. The van der Waals surface area contributed by atoms with Gasteiger partial charge in [0.1, 0.15) is 0 Å². The van der Waals surface area contributed by atoms with Gasteiger partial charge in [0.05, 0.1) is 18.2 Å². The Balaban J connectivity index is 0.00000450. The fourth-order valence-corrected chi connectivity index (χ4v) is 3.47. The van der Waals surface area contributed by atoms with E-state index in [1.165, 1.54) is 0 Å². The van der Waals surface area contributed by atoms with Crippen molar-refractivity contribution in [3.05, 3.63) is 39.8 Å². The zero-order valence-corrected chi connectivity index (χ0v) is 20.6. The molecule has 1 aromatic heterocycles. The average Bonchev–Trinajstić information content (AvgIpc) is 3.10.